The second kappa shape index (κ2) is 5.67. The molecule has 28 heavy (non-hydrogen) atoms. The van der Waals surface area contributed by atoms with Gasteiger partial charge in [-0.25, -0.2) is 0 Å². The standard InChI is InChI=1S/C28H38/c1-18-2-4-25(5-3-18)26(27-12-19-6-20(13-27)8-21(7-19)14-27)28-15-22-9-23(16-28)11-24(10-22)17-28/h2-5,19-24,26H,6-17H2,1H3. The van der Waals surface area contributed by atoms with Crippen LogP contribution in [0.3, 0.4) is 0 Å². The summed E-state index contributed by atoms with van der Waals surface area (Å²) in [5.41, 5.74) is 4.53. The average molecular weight is 375 g/mol. The largest absolute Gasteiger partial charge is 0.0590 e. The van der Waals surface area contributed by atoms with Gasteiger partial charge in [-0.05, 0) is 142 Å². The van der Waals surface area contributed by atoms with E-state index in [4.69, 9.17) is 0 Å². The fraction of sp³-hybridized carbons (Fsp3) is 0.786. The Bertz CT molecular complexity index is 653. The highest BCUT2D eigenvalue weighted by molar-refractivity contribution is 5.31. The summed E-state index contributed by atoms with van der Waals surface area (Å²) in [4.78, 5) is 0. The summed E-state index contributed by atoms with van der Waals surface area (Å²) in [6, 6.07) is 10.0. The minimum absolute atomic E-state index is 0.662. The molecule has 8 fully saturated rings. The van der Waals surface area contributed by atoms with Crippen molar-refractivity contribution < 1.29 is 0 Å². The molecule has 0 aliphatic heterocycles. The van der Waals surface area contributed by atoms with Crippen molar-refractivity contribution in [1.29, 1.82) is 0 Å². The first kappa shape index (κ1) is 17.0. The average Bonchev–Trinajstić information content (AvgIpc) is 2.61. The lowest BCUT2D eigenvalue weighted by Gasteiger charge is -2.67. The van der Waals surface area contributed by atoms with E-state index >= 15 is 0 Å². The molecule has 8 bridgehead atoms. The molecule has 9 rings (SSSR count). The minimum atomic E-state index is 0.662. The molecular weight excluding hydrogens is 336 g/mol. The van der Waals surface area contributed by atoms with Gasteiger partial charge in [-0.1, -0.05) is 29.8 Å². The van der Waals surface area contributed by atoms with Crippen LogP contribution in [0, 0.1) is 53.3 Å². The normalized spacial score (nSPS) is 51.6. The van der Waals surface area contributed by atoms with Crippen LogP contribution < -0.4 is 0 Å². The number of rotatable bonds is 3. The molecule has 150 valence electrons. The Kier molecular flexibility index (Phi) is 3.44. The molecule has 0 heteroatoms. The Morgan fingerprint density at radius 1 is 0.571 bits per heavy atom. The van der Waals surface area contributed by atoms with Crippen molar-refractivity contribution in [2.75, 3.05) is 0 Å². The molecule has 8 aliphatic rings. The lowest BCUT2D eigenvalue weighted by molar-refractivity contribution is -0.144. The van der Waals surface area contributed by atoms with Crippen LogP contribution in [-0.2, 0) is 0 Å². The van der Waals surface area contributed by atoms with E-state index in [1.54, 1.807) is 82.6 Å². The van der Waals surface area contributed by atoms with Gasteiger partial charge in [0, 0.05) is 0 Å². The smallest absolute Gasteiger partial charge is 0.00481 e. The Balaban J connectivity index is 1.37. The highest BCUT2D eigenvalue weighted by atomic mass is 14.7. The number of aryl methyl sites for hydroxylation is 1. The number of hydrogen-bond acceptors (Lipinski definition) is 0. The Morgan fingerprint density at radius 3 is 1.21 bits per heavy atom. The van der Waals surface area contributed by atoms with Crippen molar-refractivity contribution in [2.45, 2.75) is 89.9 Å². The first-order chi connectivity index (χ1) is 13.6. The Labute approximate surface area is 171 Å². The van der Waals surface area contributed by atoms with E-state index in [1.165, 1.54) is 5.56 Å². The van der Waals surface area contributed by atoms with Crippen molar-refractivity contribution in [1.82, 2.24) is 0 Å². The summed E-state index contributed by atoms with van der Waals surface area (Å²) < 4.78 is 0. The van der Waals surface area contributed by atoms with Crippen LogP contribution in [0.1, 0.15) is 94.1 Å². The van der Waals surface area contributed by atoms with Crippen LogP contribution in [0.25, 0.3) is 0 Å². The van der Waals surface area contributed by atoms with Gasteiger partial charge in [-0.15, -0.1) is 0 Å². The molecule has 8 aliphatic carbocycles. The van der Waals surface area contributed by atoms with Crippen molar-refractivity contribution in [3.8, 4) is 0 Å². The topological polar surface area (TPSA) is 0 Å². The van der Waals surface area contributed by atoms with E-state index in [0.29, 0.717) is 10.8 Å². The van der Waals surface area contributed by atoms with Gasteiger partial charge in [0.1, 0.15) is 0 Å². The SMILES string of the molecule is Cc1ccc(C(C23CC4CC(CC(C4)C2)C3)C23CC4CC(CC(C4)C2)C3)cc1. The van der Waals surface area contributed by atoms with Crippen LogP contribution in [-0.4, -0.2) is 0 Å². The predicted octanol–water partition coefficient (Wildman–Crippen LogP) is 7.51. The molecule has 0 nitrogen and oxygen atoms in total. The molecule has 0 aromatic heterocycles. The summed E-state index contributed by atoms with van der Waals surface area (Å²) in [5.74, 6) is 7.34. The lowest BCUT2D eigenvalue weighted by atomic mass is 9.37. The third kappa shape index (κ3) is 2.36. The maximum Gasteiger partial charge on any atom is -0.00481 e. The highest BCUT2D eigenvalue weighted by Crippen LogP contribution is 2.73. The van der Waals surface area contributed by atoms with Crippen molar-refractivity contribution in [3.63, 3.8) is 0 Å². The minimum Gasteiger partial charge on any atom is -0.0590 e. The monoisotopic (exact) mass is 374 g/mol. The second-order valence-corrected chi connectivity index (χ2v) is 12.9. The Hall–Kier alpha value is -0.780. The molecule has 0 radical (unpaired) electrons. The molecule has 0 spiro atoms. The van der Waals surface area contributed by atoms with Crippen LogP contribution in [0.2, 0.25) is 0 Å². The zero-order valence-electron chi connectivity index (χ0n) is 17.8. The van der Waals surface area contributed by atoms with Gasteiger partial charge in [0.2, 0.25) is 0 Å². The van der Waals surface area contributed by atoms with Crippen molar-refractivity contribution in [2.24, 2.45) is 46.3 Å². The van der Waals surface area contributed by atoms with Gasteiger partial charge in [-0.2, -0.15) is 0 Å². The van der Waals surface area contributed by atoms with Crippen molar-refractivity contribution >= 4 is 0 Å². The van der Waals surface area contributed by atoms with E-state index in [9.17, 15) is 0 Å². The van der Waals surface area contributed by atoms with E-state index in [1.807, 2.05) is 0 Å². The van der Waals surface area contributed by atoms with Gasteiger partial charge in [-0.3, -0.25) is 0 Å². The van der Waals surface area contributed by atoms with E-state index in [0.717, 1.165) is 41.4 Å². The molecule has 1 aromatic carbocycles. The zero-order chi connectivity index (χ0) is 18.5. The molecule has 8 saturated carbocycles. The van der Waals surface area contributed by atoms with Crippen LogP contribution in [0.5, 0.6) is 0 Å². The molecule has 0 heterocycles. The zero-order valence-corrected chi connectivity index (χ0v) is 17.8. The number of benzene rings is 1. The molecule has 1 aromatic rings. The summed E-state index contributed by atoms with van der Waals surface area (Å²) in [5, 5.41) is 0. The van der Waals surface area contributed by atoms with Gasteiger partial charge >= 0.3 is 0 Å². The highest BCUT2D eigenvalue weighted by Gasteiger charge is 2.62. The summed E-state index contributed by atoms with van der Waals surface area (Å²) in [6.07, 6.45) is 19.0. The summed E-state index contributed by atoms with van der Waals surface area (Å²) in [6.45, 7) is 2.27. The third-order valence-electron chi connectivity index (χ3n) is 10.8. The molecule has 0 atom stereocenters. The van der Waals surface area contributed by atoms with E-state index in [-0.39, 0.29) is 0 Å². The molecule has 0 amide bonds. The van der Waals surface area contributed by atoms with E-state index in [2.05, 4.69) is 31.2 Å². The quantitative estimate of drug-likeness (QED) is 0.513. The van der Waals surface area contributed by atoms with Crippen LogP contribution in [0.4, 0.5) is 0 Å². The van der Waals surface area contributed by atoms with Gasteiger partial charge < -0.3 is 0 Å². The lowest BCUT2D eigenvalue weighted by Crippen LogP contribution is -2.57. The Morgan fingerprint density at radius 2 is 0.893 bits per heavy atom. The van der Waals surface area contributed by atoms with Crippen LogP contribution >= 0.6 is 0 Å². The van der Waals surface area contributed by atoms with E-state index < -0.39 is 0 Å². The molecule has 0 saturated heterocycles. The second-order valence-electron chi connectivity index (χ2n) is 12.9. The fourth-order valence-electron chi connectivity index (χ4n) is 11.2. The van der Waals surface area contributed by atoms with Crippen LogP contribution in [0.15, 0.2) is 24.3 Å². The van der Waals surface area contributed by atoms with Gasteiger partial charge in [0.15, 0.2) is 0 Å². The predicted molar refractivity (Wildman–Crippen MR) is 115 cm³/mol. The maximum absolute atomic E-state index is 2.58. The van der Waals surface area contributed by atoms with Crippen molar-refractivity contribution in [3.05, 3.63) is 35.4 Å². The first-order valence-corrected chi connectivity index (χ1v) is 12.7. The molecular formula is C28H38. The first-order valence-electron chi connectivity index (χ1n) is 12.7. The maximum atomic E-state index is 2.58. The molecule has 0 unspecified atom stereocenters. The molecule has 0 N–H and O–H groups in total. The summed E-state index contributed by atoms with van der Waals surface area (Å²) >= 11 is 0. The fourth-order valence-corrected chi connectivity index (χ4v) is 11.2. The summed E-state index contributed by atoms with van der Waals surface area (Å²) in [7, 11) is 0. The third-order valence-corrected chi connectivity index (χ3v) is 10.8. The van der Waals surface area contributed by atoms with Gasteiger partial charge in [0.05, 0.1) is 0 Å². The van der Waals surface area contributed by atoms with Gasteiger partial charge in [0.25, 0.3) is 0 Å². The number of hydrogen-bond donors (Lipinski definition) is 0.